The van der Waals surface area contributed by atoms with E-state index in [0.29, 0.717) is 60.6 Å². The summed E-state index contributed by atoms with van der Waals surface area (Å²) < 4.78 is 5.08. The summed E-state index contributed by atoms with van der Waals surface area (Å²) in [5.74, 6) is -0.814. The van der Waals surface area contributed by atoms with Crippen molar-refractivity contribution in [3.05, 3.63) is 62.6 Å². The predicted octanol–water partition coefficient (Wildman–Crippen LogP) is 4.13. The lowest BCUT2D eigenvalue weighted by Gasteiger charge is -2.38. The van der Waals surface area contributed by atoms with Gasteiger partial charge >= 0.3 is 11.8 Å². The van der Waals surface area contributed by atoms with E-state index in [-0.39, 0.29) is 36.6 Å². The molecule has 36 heavy (non-hydrogen) atoms. The first kappa shape index (κ1) is 24.1. The van der Waals surface area contributed by atoms with Gasteiger partial charge in [0.05, 0.1) is 5.52 Å². The van der Waals surface area contributed by atoms with Crippen LogP contribution in [0.4, 0.5) is 10.5 Å². The second kappa shape index (κ2) is 9.81. The Morgan fingerprint density at radius 1 is 1.08 bits per heavy atom. The zero-order valence-corrected chi connectivity index (χ0v) is 20.7. The molecule has 188 valence electrons. The maximum absolute atomic E-state index is 12.8. The summed E-state index contributed by atoms with van der Waals surface area (Å²) in [7, 11) is 0. The first-order valence-corrected chi connectivity index (χ1v) is 12.5. The minimum Gasteiger partial charge on any atom is -0.408 e. The van der Waals surface area contributed by atoms with Crippen LogP contribution in [-0.2, 0) is 11.2 Å². The molecule has 2 aromatic carbocycles. The number of benzene rings is 2. The fourth-order valence-corrected chi connectivity index (χ4v) is 5.30. The highest BCUT2D eigenvalue weighted by molar-refractivity contribution is 6.30. The van der Waals surface area contributed by atoms with Gasteiger partial charge in [-0.2, -0.15) is 0 Å². The Balaban J connectivity index is 1.14. The van der Waals surface area contributed by atoms with Crippen LogP contribution in [0.15, 0.2) is 39.5 Å². The van der Waals surface area contributed by atoms with Crippen molar-refractivity contribution in [1.82, 2.24) is 14.8 Å². The number of aromatic amines is 1. The predicted molar refractivity (Wildman–Crippen MR) is 136 cm³/mol. The fraction of sp³-hybridized carbons (Fsp3) is 0.385. The number of rotatable bonds is 5. The second-order valence-corrected chi connectivity index (χ2v) is 9.83. The number of oxazole rings is 1. The van der Waals surface area contributed by atoms with Crippen LogP contribution in [0.2, 0.25) is 5.02 Å². The number of nitrogens with one attached hydrogen (secondary N) is 2. The lowest BCUT2D eigenvalue weighted by molar-refractivity contribution is -0.132. The van der Waals surface area contributed by atoms with Crippen molar-refractivity contribution < 1.29 is 18.8 Å². The number of fused-ring (bicyclic) bond motifs is 2. The molecule has 0 aliphatic carbocycles. The Morgan fingerprint density at radius 2 is 1.86 bits per heavy atom. The Labute approximate surface area is 212 Å². The van der Waals surface area contributed by atoms with Crippen molar-refractivity contribution >= 4 is 46.1 Å². The van der Waals surface area contributed by atoms with Gasteiger partial charge in [0.2, 0.25) is 5.91 Å². The number of hydrogen-bond acceptors (Lipinski definition) is 5. The monoisotopic (exact) mass is 510 g/mol. The molecule has 3 heterocycles. The van der Waals surface area contributed by atoms with Gasteiger partial charge in [-0.05, 0) is 67.6 Å². The van der Waals surface area contributed by atoms with Crippen LogP contribution in [0.1, 0.15) is 47.2 Å². The van der Waals surface area contributed by atoms with Crippen LogP contribution in [0.3, 0.4) is 0 Å². The number of aryl methyl sites for hydroxylation is 1. The Kier molecular flexibility index (Phi) is 6.57. The molecule has 2 aliphatic heterocycles. The van der Waals surface area contributed by atoms with E-state index < -0.39 is 5.76 Å². The number of anilines is 1. The first-order chi connectivity index (χ1) is 17.3. The highest BCUT2D eigenvalue weighted by Gasteiger charge is 2.31. The van der Waals surface area contributed by atoms with E-state index in [9.17, 15) is 19.2 Å². The average molecular weight is 511 g/mol. The number of carbonyl (C=O) groups excluding carboxylic acids is 3. The molecule has 2 aliphatic rings. The topological polar surface area (TPSA) is 116 Å². The molecule has 2 N–H and O–H groups in total. The van der Waals surface area contributed by atoms with Gasteiger partial charge in [-0.15, -0.1) is 0 Å². The number of hydrogen-bond donors (Lipinski definition) is 2. The highest BCUT2D eigenvalue weighted by atomic mass is 35.5. The molecule has 0 radical (unpaired) electrons. The van der Waals surface area contributed by atoms with Crippen LogP contribution in [0.25, 0.3) is 11.1 Å². The van der Waals surface area contributed by atoms with E-state index in [4.69, 9.17) is 16.0 Å². The van der Waals surface area contributed by atoms with Gasteiger partial charge in [-0.1, -0.05) is 11.6 Å². The maximum atomic E-state index is 12.8. The number of urea groups is 1. The number of Topliss-reactive ketones (excluding diaryl/α,β-unsaturated/α-hetero) is 1. The van der Waals surface area contributed by atoms with E-state index in [1.54, 1.807) is 24.0 Å². The van der Waals surface area contributed by atoms with Gasteiger partial charge in [0, 0.05) is 54.8 Å². The number of piperidine rings is 1. The van der Waals surface area contributed by atoms with Crippen molar-refractivity contribution in [1.29, 1.82) is 0 Å². The van der Waals surface area contributed by atoms with Gasteiger partial charge in [0.15, 0.2) is 11.4 Å². The highest BCUT2D eigenvalue weighted by Crippen LogP contribution is 2.27. The third-order valence-corrected chi connectivity index (χ3v) is 7.30. The van der Waals surface area contributed by atoms with E-state index >= 15 is 0 Å². The quantitative estimate of drug-likeness (QED) is 0.501. The standard InChI is InChI=1S/C26H27ClN4O5/c1-15-12-17(14-22-24(15)29-26(35)36-22)21(32)4-5-23(33)30-9-7-19(8-10-30)31-11-6-16-13-18(27)2-3-20(16)28-25(31)34/h2-3,12-14,19H,4-11H2,1H3,(H,28,34)(H,29,35). The zero-order valence-electron chi connectivity index (χ0n) is 19.9. The van der Waals surface area contributed by atoms with E-state index in [1.165, 1.54) is 6.07 Å². The lowest BCUT2D eigenvalue weighted by Crippen LogP contribution is -2.50. The molecule has 0 atom stereocenters. The van der Waals surface area contributed by atoms with Gasteiger partial charge in [-0.3, -0.25) is 14.6 Å². The Bertz CT molecular complexity index is 1400. The number of ketones is 1. The molecule has 1 saturated heterocycles. The molecule has 10 heteroatoms. The molecule has 1 fully saturated rings. The number of aromatic nitrogens is 1. The number of amides is 3. The Morgan fingerprint density at radius 3 is 2.64 bits per heavy atom. The minimum absolute atomic E-state index is 0.0474. The molecule has 3 aromatic rings. The van der Waals surface area contributed by atoms with Crippen molar-refractivity contribution in [2.75, 3.05) is 25.0 Å². The molecule has 5 rings (SSSR count). The molecule has 0 saturated carbocycles. The van der Waals surface area contributed by atoms with Crippen LogP contribution >= 0.6 is 11.6 Å². The summed E-state index contributed by atoms with van der Waals surface area (Å²) >= 11 is 6.11. The molecule has 9 nitrogen and oxygen atoms in total. The van der Waals surface area contributed by atoms with Gasteiger partial charge in [0.1, 0.15) is 0 Å². The van der Waals surface area contributed by atoms with Gasteiger partial charge in [-0.25, -0.2) is 9.59 Å². The summed E-state index contributed by atoms with van der Waals surface area (Å²) in [5.41, 5.74) is 3.87. The summed E-state index contributed by atoms with van der Waals surface area (Å²) in [5, 5.41) is 3.63. The third-order valence-electron chi connectivity index (χ3n) is 7.07. The molecular formula is C26H27ClN4O5. The van der Waals surface area contributed by atoms with Crippen LogP contribution in [0, 0.1) is 6.92 Å². The molecule has 0 unspecified atom stereocenters. The van der Waals surface area contributed by atoms with Crippen molar-refractivity contribution in [3.63, 3.8) is 0 Å². The van der Waals surface area contributed by atoms with Crippen molar-refractivity contribution in [2.45, 2.75) is 45.1 Å². The summed E-state index contributed by atoms with van der Waals surface area (Å²) in [4.78, 5) is 56.0. The van der Waals surface area contributed by atoms with E-state index in [1.807, 2.05) is 17.0 Å². The largest absolute Gasteiger partial charge is 0.417 e. The van der Waals surface area contributed by atoms with Gasteiger partial charge < -0.3 is 19.5 Å². The van der Waals surface area contributed by atoms with Crippen molar-refractivity contribution in [2.24, 2.45) is 0 Å². The summed E-state index contributed by atoms with van der Waals surface area (Å²) in [6.07, 6.45) is 2.28. The molecule has 3 amide bonds. The molecular weight excluding hydrogens is 484 g/mol. The van der Waals surface area contributed by atoms with E-state index in [2.05, 4.69) is 10.3 Å². The zero-order chi connectivity index (χ0) is 25.4. The fourth-order valence-electron chi connectivity index (χ4n) is 5.10. The van der Waals surface area contributed by atoms with E-state index in [0.717, 1.165) is 16.8 Å². The average Bonchev–Trinajstić information content (AvgIpc) is 3.16. The number of H-pyrrole nitrogens is 1. The molecule has 0 bridgehead atoms. The van der Waals surface area contributed by atoms with Crippen LogP contribution in [0.5, 0.6) is 0 Å². The third kappa shape index (κ3) is 4.88. The maximum Gasteiger partial charge on any atom is 0.417 e. The lowest BCUT2D eigenvalue weighted by atomic mass is 10.0. The second-order valence-electron chi connectivity index (χ2n) is 9.39. The number of likely N-dealkylation sites (tertiary alicyclic amines) is 1. The number of nitrogens with zero attached hydrogens (tertiary/aromatic N) is 2. The first-order valence-electron chi connectivity index (χ1n) is 12.1. The van der Waals surface area contributed by atoms with Crippen LogP contribution in [-0.4, -0.2) is 58.2 Å². The number of halogens is 1. The SMILES string of the molecule is Cc1cc(C(=O)CCC(=O)N2CCC(N3CCc4cc(Cl)ccc4NC3=O)CC2)cc2oc(=O)[nH]c12. The van der Waals surface area contributed by atoms with Crippen molar-refractivity contribution in [3.8, 4) is 0 Å². The minimum atomic E-state index is -0.567. The summed E-state index contributed by atoms with van der Waals surface area (Å²) in [6.45, 7) is 3.47. The molecule has 0 spiro atoms. The Hall–Kier alpha value is -3.59. The smallest absolute Gasteiger partial charge is 0.408 e. The number of carbonyl (C=O) groups is 3. The van der Waals surface area contributed by atoms with Gasteiger partial charge in [0.25, 0.3) is 0 Å². The van der Waals surface area contributed by atoms with Crippen LogP contribution < -0.4 is 11.1 Å². The summed E-state index contributed by atoms with van der Waals surface area (Å²) in [6, 6.07) is 8.64. The normalized spacial score (nSPS) is 16.6. The molecule has 1 aromatic heterocycles.